The number of carbonyl (C=O) groups is 1. The van der Waals surface area contributed by atoms with Gasteiger partial charge in [0, 0.05) is 12.1 Å². The Morgan fingerprint density at radius 3 is 2.42 bits per heavy atom. The zero-order chi connectivity index (χ0) is 13.7. The second-order valence-electron chi connectivity index (χ2n) is 4.36. The third-order valence-corrected chi connectivity index (χ3v) is 3.01. The largest absolute Gasteiger partial charge is 0.380 e. The van der Waals surface area contributed by atoms with Gasteiger partial charge in [-0.15, -0.1) is 0 Å². The molecule has 0 saturated heterocycles. The first kappa shape index (κ1) is 13.5. The lowest BCUT2D eigenvalue weighted by molar-refractivity contribution is 0.0746. The van der Waals surface area contributed by atoms with Crippen molar-refractivity contribution in [2.45, 2.75) is 12.6 Å². The molecule has 0 bridgehead atoms. The zero-order valence-corrected chi connectivity index (χ0v) is 10.8. The number of ketones is 1. The maximum atomic E-state index is 12.4. The Labute approximate surface area is 112 Å². The Kier molecular flexibility index (Phi) is 4.44. The summed E-state index contributed by atoms with van der Waals surface area (Å²) in [6.45, 7) is 0.601. The molecule has 0 fully saturated rings. The highest BCUT2D eigenvalue weighted by molar-refractivity contribution is 6.01. The van der Waals surface area contributed by atoms with Gasteiger partial charge >= 0.3 is 0 Å². The number of hydrogen-bond acceptors (Lipinski definition) is 3. The Bertz CT molecular complexity index is 552. The van der Waals surface area contributed by atoms with E-state index in [0.29, 0.717) is 17.7 Å². The number of nitrogens with one attached hydrogen (secondary N) is 1. The summed E-state index contributed by atoms with van der Waals surface area (Å²) >= 11 is 0. The highest BCUT2D eigenvalue weighted by Gasteiger charge is 2.20. The number of aliphatic hydroxyl groups excluding tert-OH is 1. The molecule has 2 aromatic carbocycles. The Morgan fingerprint density at radius 1 is 1.11 bits per heavy atom. The zero-order valence-electron chi connectivity index (χ0n) is 10.8. The minimum absolute atomic E-state index is 0.267. The van der Waals surface area contributed by atoms with Crippen LogP contribution in [0.5, 0.6) is 0 Å². The summed E-state index contributed by atoms with van der Waals surface area (Å²) in [4.78, 5) is 12.4. The lowest BCUT2D eigenvalue weighted by atomic mass is 9.96. The van der Waals surface area contributed by atoms with E-state index in [1.54, 1.807) is 18.2 Å². The first-order valence-corrected chi connectivity index (χ1v) is 6.23. The molecule has 3 nitrogen and oxygen atoms in total. The smallest absolute Gasteiger partial charge is 0.196 e. The monoisotopic (exact) mass is 255 g/mol. The van der Waals surface area contributed by atoms with Crippen LogP contribution in [0.3, 0.4) is 0 Å². The van der Waals surface area contributed by atoms with Gasteiger partial charge in [-0.2, -0.15) is 0 Å². The molecule has 2 aromatic rings. The van der Waals surface area contributed by atoms with Crippen molar-refractivity contribution >= 4 is 5.78 Å². The van der Waals surface area contributed by atoms with Gasteiger partial charge in [-0.3, -0.25) is 4.79 Å². The average molecular weight is 255 g/mol. The second kappa shape index (κ2) is 6.27. The van der Waals surface area contributed by atoms with Crippen molar-refractivity contribution in [3.8, 4) is 0 Å². The molecule has 2 N–H and O–H groups in total. The maximum Gasteiger partial charge on any atom is 0.196 e. The molecule has 3 heteroatoms. The van der Waals surface area contributed by atoms with Crippen molar-refractivity contribution in [2.24, 2.45) is 0 Å². The van der Waals surface area contributed by atoms with E-state index in [-0.39, 0.29) is 5.78 Å². The quantitative estimate of drug-likeness (QED) is 0.806. The van der Waals surface area contributed by atoms with E-state index in [0.717, 1.165) is 5.56 Å². The first-order valence-electron chi connectivity index (χ1n) is 6.23. The number of aliphatic hydroxyl groups is 1. The average Bonchev–Trinajstić information content (AvgIpc) is 2.47. The number of hydrogen-bond donors (Lipinski definition) is 2. The summed E-state index contributed by atoms with van der Waals surface area (Å²) in [5.41, 5.74) is 2.07. The molecule has 0 aromatic heterocycles. The molecule has 2 rings (SSSR count). The lowest BCUT2D eigenvalue weighted by Crippen LogP contribution is -2.16. The number of rotatable bonds is 5. The Hall–Kier alpha value is -1.97. The van der Waals surface area contributed by atoms with Crippen LogP contribution in [0.15, 0.2) is 54.6 Å². The molecule has 19 heavy (non-hydrogen) atoms. The van der Waals surface area contributed by atoms with Gasteiger partial charge in [0.1, 0.15) is 6.10 Å². The van der Waals surface area contributed by atoms with E-state index in [2.05, 4.69) is 5.32 Å². The normalized spacial score (nSPS) is 12.1. The summed E-state index contributed by atoms with van der Waals surface area (Å²) in [7, 11) is 1.83. The predicted octanol–water partition coefficient (Wildman–Crippen LogP) is 2.32. The number of Topliss-reactive ketones (excluding diaryl/α,β-unsaturated/α-hetero) is 1. The topological polar surface area (TPSA) is 49.3 Å². The summed E-state index contributed by atoms with van der Waals surface area (Å²) in [6.07, 6.45) is -1.11. The van der Waals surface area contributed by atoms with E-state index in [9.17, 15) is 9.90 Å². The second-order valence-corrected chi connectivity index (χ2v) is 4.36. The minimum atomic E-state index is -1.11. The van der Waals surface area contributed by atoms with Crippen LogP contribution < -0.4 is 5.32 Å². The third-order valence-electron chi connectivity index (χ3n) is 3.01. The molecule has 0 amide bonds. The molecule has 0 aliphatic rings. The van der Waals surface area contributed by atoms with E-state index in [4.69, 9.17) is 0 Å². The van der Waals surface area contributed by atoms with Gasteiger partial charge in [0.15, 0.2) is 5.78 Å². The fraction of sp³-hybridized carbons (Fsp3) is 0.188. The van der Waals surface area contributed by atoms with E-state index in [1.165, 1.54) is 0 Å². The molecular weight excluding hydrogens is 238 g/mol. The van der Waals surface area contributed by atoms with E-state index in [1.807, 2.05) is 43.4 Å². The van der Waals surface area contributed by atoms with E-state index >= 15 is 0 Å². The molecule has 0 aliphatic heterocycles. The number of carbonyl (C=O) groups excluding carboxylic acids is 1. The fourth-order valence-electron chi connectivity index (χ4n) is 2.04. The van der Waals surface area contributed by atoms with Gasteiger partial charge in [0.05, 0.1) is 0 Å². The van der Waals surface area contributed by atoms with Crippen LogP contribution in [0.4, 0.5) is 0 Å². The summed E-state index contributed by atoms with van der Waals surface area (Å²) in [6, 6.07) is 16.3. The predicted molar refractivity (Wildman–Crippen MR) is 74.9 cm³/mol. The lowest BCUT2D eigenvalue weighted by Gasteiger charge is -2.13. The van der Waals surface area contributed by atoms with Gasteiger partial charge in [-0.1, -0.05) is 54.6 Å². The van der Waals surface area contributed by atoms with Crippen molar-refractivity contribution in [2.75, 3.05) is 7.05 Å². The van der Waals surface area contributed by atoms with Gasteiger partial charge in [0.25, 0.3) is 0 Å². The van der Waals surface area contributed by atoms with Crippen LogP contribution in [0.1, 0.15) is 27.6 Å². The van der Waals surface area contributed by atoms with Crippen LogP contribution in [0.2, 0.25) is 0 Å². The SMILES string of the molecule is CNCc1ccccc1C(=O)C(O)c1ccccc1. The highest BCUT2D eigenvalue weighted by atomic mass is 16.3. The summed E-state index contributed by atoms with van der Waals surface area (Å²) in [5, 5.41) is 13.2. The highest BCUT2D eigenvalue weighted by Crippen LogP contribution is 2.20. The molecule has 98 valence electrons. The van der Waals surface area contributed by atoms with Gasteiger partial charge in [-0.25, -0.2) is 0 Å². The van der Waals surface area contributed by atoms with E-state index < -0.39 is 6.10 Å². The fourth-order valence-corrected chi connectivity index (χ4v) is 2.04. The molecule has 0 heterocycles. The van der Waals surface area contributed by atoms with Crippen molar-refractivity contribution in [3.63, 3.8) is 0 Å². The third kappa shape index (κ3) is 3.08. The molecule has 0 saturated carbocycles. The first-order chi connectivity index (χ1) is 9.24. The van der Waals surface area contributed by atoms with Crippen molar-refractivity contribution in [1.29, 1.82) is 0 Å². The van der Waals surface area contributed by atoms with Crippen LogP contribution in [0.25, 0.3) is 0 Å². The number of benzene rings is 2. The molecule has 1 atom stereocenters. The van der Waals surface area contributed by atoms with Crippen LogP contribution in [-0.4, -0.2) is 17.9 Å². The Morgan fingerprint density at radius 2 is 1.74 bits per heavy atom. The van der Waals surface area contributed by atoms with Gasteiger partial charge in [-0.05, 0) is 18.2 Å². The molecule has 0 spiro atoms. The van der Waals surface area contributed by atoms with Gasteiger partial charge < -0.3 is 10.4 Å². The summed E-state index contributed by atoms with van der Waals surface area (Å²) < 4.78 is 0. The molecule has 1 unspecified atom stereocenters. The summed E-state index contributed by atoms with van der Waals surface area (Å²) in [5.74, 6) is -0.267. The molecular formula is C16H17NO2. The Balaban J connectivity index is 2.29. The van der Waals surface area contributed by atoms with Crippen LogP contribution >= 0.6 is 0 Å². The van der Waals surface area contributed by atoms with Gasteiger partial charge in [0.2, 0.25) is 0 Å². The maximum absolute atomic E-state index is 12.4. The molecule has 0 aliphatic carbocycles. The van der Waals surface area contributed by atoms with Crippen LogP contribution in [-0.2, 0) is 6.54 Å². The van der Waals surface area contributed by atoms with Crippen molar-refractivity contribution in [3.05, 3.63) is 71.3 Å². The van der Waals surface area contributed by atoms with Crippen LogP contribution in [0, 0.1) is 0 Å². The van der Waals surface area contributed by atoms with Crippen molar-refractivity contribution < 1.29 is 9.90 Å². The standard InChI is InChI=1S/C16H17NO2/c1-17-11-13-9-5-6-10-14(13)16(19)15(18)12-7-3-2-4-8-12/h2-10,15,17-18H,11H2,1H3. The van der Waals surface area contributed by atoms with Crippen molar-refractivity contribution in [1.82, 2.24) is 5.32 Å². The minimum Gasteiger partial charge on any atom is -0.380 e. The molecule has 0 radical (unpaired) electrons.